The zero-order valence-electron chi connectivity index (χ0n) is 14.7. The SMILES string of the molecule is Nc1nc(-c2ccccc2F)nc(N(c2cncc(F)c2)C2C3COCC32)n1. The normalized spacial score (nSPS) is 22.7. The Morgan fingerprint density at radius 3 is 2.57 bits per heavy atom. The Labute approximate surface area is 159 Å². The lowest BCUT2D eigenvalue weighted by Gasteiger charge is -2.25. The summed E-state index contributed by atoms with van der Waals surface area (Å²) in [6, 6.07) is 7.57. The summed E-state index contributed by atoms with van der Waals surface area (Å²) in [7, 11) is 0. The molecule has 0 bridgehead atoms. The van der Waals surface area contributed by atoms with Crippen LogP contribution < -0.4 is 10.6 Å². The van der Waals surface area contributed by atoms with E-state index in [0.717, 1.165) is 6.20 Å². The van der Waals surface area contributed by atoms with Gasteiger partial charge in [0.15, 0.2) is 5.82 Å². The van der Waals surface area contributed by atoms with Crippen molar-refractivity contribution < 1.29 is 13.5 Å². The number of anilines is 3. The smallest absolute Gasteiger partial charge is 0.235 e. The number of rotatable bonds is 4. The number of halogens is 2. The number of hydrogen-bond acceptors (Lipinski definition) is 7. The zero-order valence-corrected chi connectivity index (χ0v) is 14.7. The van der Waals surface area contributed by atoms with E-state index in [0.29, 0.717) is 18.9 Å². The van der Waals surface area contributed by atoms with E-state index in [-0.39, 0.29) is 41.2 Å². The highest BCUT2D eigenvalue weighted by molar-refractivity contribution is 5.64. The van der Waals surface area contributed by atoms with Gasteiger partial charge in [0.25, 0.3) is 0 Å². The minimum atomic E-state index is -0.471. The second-order valence-corrected chi connectivity index (χ2v) is 6.88. The van der Waals surface area contributed by atoms with E-state index in [1.807, 2.05) is 0 Å². The molecule has 2 N–H and O–H groups in total. The average Bonchev–Trinajstić information content (AvgIpc) is 3.11. The maximum Gasteiger partial charge on any atom is 0.235 e. The number of nitrogens with zero attached hydrogens (tertiary/aromatic N) is 5. The Morgan fingerprint density at radius 2 is 1.82 bits per heavy atom. The molecule has 2 atom stereocenters. The molecule has 0 spiro atoms. The quantitative estimate of drug-likeness (QED) is 0.742. The maximum absolute atomic E-state index is 14.2. The van der Waals surface area contributed by atoms with Gasteiger partial charge in [0.1, 0.15) is 11.6 Å². The summed E-state index contributed by atoms with van der Waals surface area (Å²) in [5, 5.41) is 0. The van der Waals surface area contributed by atoms with Crippen LogP contribution in [0.15, 0.2) is 42.7 Å². The Hall–Kier alpha value is -3.20. The molecule has 2 aliphatic rings. The minimum absolute atomic E-state index is 0.0348. The van der Waals surface area contributed by atoms with Crippen molar-refractivity contribution in [3.63, 3.8) is 0 Å². The third-order valence-electron chi connectivity index (χ3n) is 5.14. The van der Waals surface area contributed by atoms with Crippen molar-refractivity contribution in [2.75, 3.05) is 23.8 Å². The fraction of sp³-hybridized carbons (Fsp3) is 0.263. The van der Waals surface area contributed by atoms with Gasteiger partial charge in [0, 0.05) is 23.9 Å². The van der Waals surface area contributed by atoms with Crippen molar-refractivity contribution in [3.05, 3.63) is 54.4 Å². The summed E-state index contributed by atoms with van der Waals surface area (Å²) >= 11 is 0. The second-order valence-electron chi connectivity index (χ2n) is 6.88. The molecule has 1 saturated heterocycles. The first-order valence-electron chi connectivity index (χ1n) is 8.86. The number of hydrogen-bond donors (Lipinski definition) is 1. The molecular weight excluding hydrogens is 366 g/mol. The largest absolute Gasteiger partial charge is 0.381 e. The summed E-state index contributed by atoms with van der Waals surface area (Å²) in [4.78, 5) is 18.5. The van der Waals surface area contributed by atoms with E-state index < -0.39 is 11.6 Å². The molecule has 0 radical (unpaired) electrons. The van der Waals surface area contributed by atoms with Crippen LogP contribution >= 0.6 is 0 Å². The van der Waals surface area contributed by atoms with Crippen LogP contribution in [0.1, 0.15) is 0 Å². The molecule has 28 heavy (non-hydrogen) atoms. The van der Waals surface area contributed by atoms with E-state index in [1.54, 1.807) is 29.3 Å². The van der Waals surface area contributed by atoms with Gasteiger partial charge in [-0.05, 0) is 12.1 Å². The maximum atomic E-state index is 14.2. The van der Waals surface area contributed by atoms with Gasteiger partial charge in [-0.3, -0.25) is 4.98 Å². The van der Waals surface area contributed by atoms with Crippen molar-refractivity contribution in [1.29, 1.82) is 0 Å². The van der Waals surface area contributed by atoms with E-state index in [1.165, 1.54) is 12.1 Å². The summed E-state index contributed by atoms with van der Waals surface area (Å²) < 4.78 is 33.6. The molecule has 9 heteroatoms. The third kappa shape index (κ3) is 2.84. The Bertz CT molecular complexity index is 1040. The minimum Gasteiger partial charge on any atom is -0.381 e. The van der Waals surface area contributed by atoms with Crippen LogP contribution in [-0.4, -0.2) is 39.2 Å². The van der Waals surface area contributed by atoms with Crippen molar-refractivity contribution in [2.24, 2.45) is 11.8 Å². The zero-order chi connectivity index (χ0) is 19.3. The van der Waals surface area contributed by atoms with Gasteiger partial charge >= 0.3 is 0 Å². The molecule has 7 nitrogen and oxygen atoms in total. The standard InChI is InChI=1S/C19H16F2N6O/c20-10-5-11(7-23-6-10)27(16-13-8-28-9-14(13)16)19-25-17(24-18(22)26-19)12-3-1-2-4-15(12)21/h1-7,13-14,16H,8-9H2,(H2,22,24,25,26). The molecule has 0 amide bonds. The van der Waals surface area contributed by atoms with Gasteiger partial charge < -0.3 is 15.4 Å². The highest BCUT2D eigenvalue weighted by atomic mass is 19.1. The first-order valence-corrected chi connectivity index (χ1v) is 8.86. The second kappa shape index (κ2) is 6.45. The van der Waals surface area contributed by atoms with E-state index >= 15 is 0 Å². The first kappa shape index (κ1) is 16.9. The van der Waals surface area contributed by atoms with Gasteiger partial charge in [0.05, 0.1) is 36.9 Å². The lowest BCUT2D eigenvalue weighted by atomic mass is 10.2. The molecule has 1 aliphatic carbocycles. The van der Waals surface area contributed by atoms with Crippen LogP contribution in [0.25, 0.3) is 11.4 Å². The molecule has 1 saturated carbocycles. The number of fused-ring (bicyclic) bond motifs is 1. The number of benzene rings is 1. The Balaban J connectivity index is 1.62. The van der Waals surface area contributed by atoms with Crippen LogP contribution in [0.4, 0.5) is 26.4 Å². The van der Waals surface area contributed by atoms with E-state index in [9.17, 15) is 8.78 Å². The van der Waals surface area contributed by atoms with Gasteiger partial charge in [-0.2, -0.15) is 15.0 Å². The van der Waals surface area contributed by atoms with Crippen molar-refractivity contribution in [3.8, 4) is 11.4 Å². The van der Waals surface area contributed by atoms with Gasteiger partial charge in [-0.1, -0.05) is 12.1 Å². The fourth-order valence-corrected chi connectivity index (χ4v) is 3.80. The van der Waals surface area contributed by atoms with Crippen molar-refractivity contribution in [2.45, 2.75) is 6.04 Å². The lowest BCUT2D eigenvalue weighted by molar-refractivity contribution is 0.160. The van der Waals surface area contributed by atoms with Crippen LogP contribution in [0.5, 0.6) is 0 Å². The molecule has 1 aromatic carbocycles. The highest BCUT2D eigenvalue weighted by Gasteiger charge is 2.58. The Kier molecular flexibility index (Phi) is 3.90. The van der Waals surface area contributed by atoms with Crippen LogP contribution in [0.3, 0.4) is 0 Å². The molecule has 2 unspecified atom stereocenters. The van der Waals surface area contributed by atoms with Gasteiger partial charge in [-0.25, -0.2) is 8.78 Å². The fourth-order valence-electron chi connectivity index (χ4n) is 3.80. The van der Waals surface area contributed by atoms with Crippen LogP contribution in [0, 0.1) is 23.5 Å². The molecule has 3 heterocycles. The molecule has 3 aromatic rings. The summed E-state index contributed by atoms with van der Waals surface area (Å²) in [6.07, 6.45) is 2.67. The first-order chi connectivity index (χ1) is 13.6. The monoisotopic (exact) mass is 382 g/mol. The lowest BCUT2D eigenvalue weighted by Crippen LogP contribution is -2.28. The van der Waals surface area contributed by atoms with Crippen molar-refractivity contribution in [1.82, 2.24) is 19.9 Å². The van der Waals surface area contributed by atoms with Gasteiger partial charge in [0.2, 0.25) is 11.9 Å². The molecular formula is C19H16F2N6O. The van der Waals surface area contributed by atoms with Crippen LogP contribution in [-0.2, 0) is 4.74 Å². The predicted octanol–water partition coefficient (Wildman–Crippen LogP) is 2.58. The van der Waals surface area contributed by atoms with Crippen molar-refractivity contribution >= 4 is 17.6 Å². The highest BCUT2D eigenvalue weighted by Crippen LogP contribution is 2.51. The summed E-state index contributed by atoms with van der Waals surface area (Å²) in [6.45, 7) is 1.24. The molecule has 5 rings (SSSR count). The molecule has 1 aliphatic heterocycles. The number of nitrogens with two attached hydrogens (primary N) is 1. The summed E-state index contributed by atoms with van der Waals surface area (Å²) in [5.74, 6) is -0.0405. The molecule has 2 fully saturated rings. The number of aromatic nitrogens is 4. The van der Waals surface area contributed by atoms with Crippen LogP contribution in [0.2, 0.25) is 0 Å². The summed E-state index contributed by atoms with van der Waals surface area (Å²) in [5.41, 5.74) is 6.62. The predicted molar refractivity (Wildman–Crippen MR) is 97.6 cm³/mol. The average molecular weight is 382 g/mol. The van der Waals surface area contributed by atoms with E-state index in [4.69, 9.17) is 10.5 Å². The number of nitrogen functional groups attached to an aromatic ring is 1. The third-order valence-corrected chi connectivity index (χ3v) is 5.14. The number of ether oxygens (including phenoxy) is 1. The topological polar surface area (TPSA) is 90.1 Å². The number of pyridine rings is 1. The van der Waals surface area contributed by atoms with E-state index in [2.05, 4.69) is 19.9 Å². The molecule has 142 valence electrons. The molecule has 2 aromatic heterocycles. The van der Waals surface area contributed by atoms with Gasteiger partial charge in [-0.15, -0.1) is 0 Å². The Morgan fingerprint density at radius 1 is 1.04 bits per heavy atom.